The summed E-state index contributed by atoms with van der Waals surface area (Å²) < 4.78 is 11.2. The Bertz CT molecular complexity index is 1130. The molecule has 3 atom stereocenters. The van der Waals surface area contributed by atoms with Gasteiger partial charge in [-0.3, -0.25) is 4.79 Å². The SMILES string of the molecule is CC1=C(C(=O)OC[C@@H]2CCCO2)[C@H](c2cccc(O)c2)C2=C(C[C@H](c3cccs3)CC2=O)N1. The fraction of sp³-hybridized carbons (Fsp3) is 0.385. The zero-order chi connectivity index (χ0) is 22.9. The molecule has 2 aromatic rings. The Morgan fingerprint density at radius 2 is 2.15 bits per heavy atom. The van der Waals surface area contributed by atoms with Crippen molar-refractivity contribution in [3.8, 4) is 5.75 Å². The van der Waals surface area contributed by atoms with Crippen molar-refractivity contribution in [3.05, 3.63) is 74.8 Å². The number of carbonyl (C=O) groups is 2. The van der Waals surface area contributed by atoms with Gasteiger partial charge in [0.05, 0.1) is 11.7 Å². The van der Waals surface area contributed by atoms with E-state index < -0.39 is 11.9 Å². The van der Waals surface area contributed by atoms with E-state index in [4.69, 9.17) is 9.47 Å². The van der Waals surface area contributed by atoms with Crippen molar-refractivity contribution in [3.63, 3.8) is 0 Å². The van der Waals surface area contributed by atoms with Gasteiger partial charge >= 0.3 is 5.97 Å². The molecule has 0 radical (unpaired) electrons. The number of allylic oxidation sites excluding steroid dienone is 3. The molecule has 0 bridgehead atoms. The molecular formula is C26H27NO5S. The van der Waals surface area contributed by atoms with Gasteiger partial charge in [-0.2, -0.15) is 0 Å². The fourth-order valence-corrected chi connectivity index (χ4v) is 5.92. The van der Waals surface area contributed by atoms with Gasteiger partial charge < -0.3 is 19.9 Å². The van der Waals surface area contributed by atoms with E-state index in [0.29, 0.717) is 41.9 Å². The predicted octanol–water partition coefficient (Wildman–Crippen LogP) is 4.54. The molecule has 0 unspecified atom stereocenters. The van der Waals surface area contributed by atoms with Crippen LogP contribution in [0.5, 0.6) is 5.75 Å². The normalized spacial score (nSPS) is 25.1. The lowest BCUT2D eigenvalue weighted by molar-refractivity contribution is -0.142. The summed E-state index contributed by atoms with van der Waals surface area (Å²) in [6, 6.07) is 10.9. The lowest BCUT2D eigenvalue weighted by atomic mass is 9.72. The van der Waals surface area contributed by atoms with E-state index in [-0.39, 0.29) is 30.2 Å². The maximum atomic E-state index is 13.5. The number of rotatable bonds is 5. The van der Waals surface area contributed by atoms with Crippen LogP contribution in [-0.2, 0) is 19.1 Å². The van der Waals surface area contributed by atoms with Crippen molar-refractivity contribution >= 4 is 23.1 Å². The quantitative estimate of drug-likeness (QED) is 0.631. The Morgan fingerprint density at radius 3 is 2.88 bits per heavy atom. The van der Waals surface area contributed by atoms with Crippen LogP contribution >= 0.6 is 11.3 Å². The van der Waals surface area contributed by atoms with Crippen molar-refractivity contribution in [2.75, 3.05) is 13.2 Å². The molecule has 1 saturated heterocycles. The number of hydrogen-bond acceptors (Lipinski definition) is 7. The summed E-state index contributed by atoms with van der Waals surface area (Å²) in [5.41, 5.74) is 3.25. The minimum atomic E-state index is -0.581. The Hall–Kier alpha value is -2.90. The van der Waals surface area contributed by atoms with Crippen LogP contribution in [0.4, 0.5) is 0 Å². The number of ketones is 1. The molecule has 2 N–H and O–H groups in total. The van der Waals surface area contributed by atoms with E-state index in [1.807, 2.05) is 24.4 Å². The van der Waals surface area contributed by atoms with Crippen molar-refractivity contribution in [1.29, 1.82) is 0 Å². The van der Waals surface area contributed by atoms with Crippen LogP contribution in [0.1, 0.15) is 54.9 Å². The predicted molar refractivity (Wildman–Crippen MR) is 125 cm³/mol. The number of Topliss-reactive ketones (excluding diaryl/α,β-unsaturated/α-hetero) is 1. The molecule has 1 aromatic heterocycles. The molecular weight excluding hydrogens is 438 g/mol. The molecule has 0 spiro atoms. The highest BCUT2D eigenvalue weighted by Gasteiger charge is 2.41. The summed E-state index contributed by atoms with van der Waals surface area (Å²) in [6.07, 6.45) is 2.86. The van der Waals surface area contributed by atoms with Crippen molar-refractivity contribution in [2.45, 2.75) is 50.5 Å². The van der Waals surface area contributed by atoms with E-state index in [0.717, 1.165) is 18.5 Å². The minimum Gasteiger partial charge on any atom is -0.508 e. The van der Waals surface area contributed by atoms with Crippen LogP contribution in [-0.4, -0.2) is 36.2 Å². The van der Waals surface area contributed by atoms with Crippen LogP contribution < -0.4 is 5.32 Å². The van der Waals surface area contributed by atoms with Crippen molar-refractivity contribution in [2.24, 2.45) is 0 Å². The lowest BCUT2D eigenvalue weighted by Crippen LogP contribution is -2.36. The van der Waals surface area contributed by atoms with Gasteiger partial charge in [-0.1, -0.05) is 18.2 Å². The molecule has 0 saturated carbocycles. The number of hydrogen-bond donors (Lipinski definition) is 2. The molecule has 0 amide bonds. The zero-order valence-electron chi connectivity index (χ0n) is 18.5. The third kappa shape index (κ3) is 4.35. The molecule has 33 heavy (non-hydrogen) atoms. The Morgan fingerprint density at radius 1 is 1.27 bits per heavy atom. The fourth-order valence-electron chi connectivity index (χ4n) is 5.09. The summed E-state index contributed by atoms with van der Waals surface area (Å²) in [6.45, 7) is 2.73. The van der Waals surface area contributed by atoms with Gasteiger partial charge in [-0.25, -0.2) is 4.79 Å². The summed E-state index contributed by atoms with van der Waals surface area (Å²) in [7, 11) is 0. The highest BCUT2D eigenvalue weighted by atomic mass is 32.1. The minimum absolute atomic E-state index is 0.0208. The van der Waals surface area contributed by atoms with Gasteiger partial charge in [0.1, 0.15) is 12.4 Å². The number of thiophene rings is 1. The summed E-state index contributed by atoms with van der Waals surface area (Å²) >= 11 is 1.66. The first-order chi connectivity index (χ1) is 16.0. The van der Waals surface area contributed by atoms with Crippen LogP contribution in [0.25, 0.3) is 0 Å². The summed E-state index contributed by atoms with van der Waals surface area (Å²) in [4.78, 5) is 28.0. The molecule has 1 aromatic carbocycles. The standard InChI is InChI=1S/C26H27NO5S/c1-15-23(26(30)32-14-19-7-3-9-31-19)24(16-5-2-6-18(28)11-16)25-20(27-15)12-17(13-21(25)29)22-8-4-10-33-22/h2,4-6,8,10-11,17,19,24,27-28H,3,7,9,12-14H2,1H3/t17-,19-,24-/m0/s1. The maximum absolute atomic E-state index is 13.5. The molecule has 1 fully saturated rings. The monoisotopic (exact) mass is 465 g/mol. The van der Waals surface area contributed by atoms with E-state index in [1.165, 1.54) is 4.88 Å². The van der Waals surface area contributed by atoms with Gasteiger partial charge in [0, 0.05) is 46.7 Å². The average molecular weight is 466 g/mol. The second-order valence-electron chi connectivity index (χ2n) is 8.86. The molecule has 3 aliphatic rings. The smallest absolute Gasteiger partial charge is 0.336 e. The highest BCUT2D eigenvalue weighted by molar-refractivity contribution is 7.10. The average Bonchev–Trinajstić information content (AvgIpc) is 3.50. The topological polar surface area (TPSA) is 84.9 Å². The summed E-state index contributed by atoms with van der Waals surface area (Å²) in [5.74, 6) is -0.801. The van der Waals surface area contributed by atoms with Gasteiger partial charge in [-0.05, 0) is 55.3 Å². The highest BCUT2D eigenvalue weighted by Crippen LogP contribution is 2.46. The molecule has 1 aliphatic carbocycles. The van der Waals surface area contributed by atoms with E-state index in [9.17, 15) is 14.7 Å². The molecule has 5 rings (SSSR count). The number of nitrogens with one attached hydrogen (secondary N) is 1. The number of phenols is 1. The van der Waals surface area contributed by atoms with Crippen LogP contribution in [0.3, 0.4) is 0 Å². The molecule has 7 heteroatoms. The first-order valence-corrected chi connectivity index (χ1v) is 12.2. The Balaban J connectivity index is 1.50. The number of phenolic OH excluding ortho intramolecular Hbond substituents is 1. The largest absolute Gasteiger partial charge is 0.508 e. The molecule has 172 valence electrons. The van der Waals surface area contributed by atoms with Crippen molar-refractivity contribution in [1.82, 2.24) is 5.32 Å². The second-order valence-corrected chi connectivity index (χ2v) is 9.84. The lowest BCUT2D eigenvalue weighted by Gasteiger charge is -2.36. The van der Waals surface area contributed by atoms with Crippen LogP contribution in [0.15, 0.2) is 64.3 Å². The number of benzene rings is 1. The molecule has 6 nitrogen and oxygen atoms in total. The zero-order valence-corrected chi connectivity index (χ0v) is 19.3. The maximum Gasteiger partial charge on any atom is 0.336 e. The van der Waals surface area contributed by atoms with Crippen LogP contribution in [0, 0.1) is 0 Å². The third-order valence-corrected chi connectivity index (χ3v) is 7.66. The van der Waals surface area contributed by atoms with Gasteiger partial charge in [0.2, 0.25) is 0 Å². The van der Waals surface area contributed by atoms with Gasteiger partial charge in [0.25, 0.3) is 0 Å². The number of aromatic hydroxyl groups is 1. The first-order valence-electron chi connectivity index (χ1n) is 11.4. The van der Waals surface area contributed by atoms with E-state index in [1.54, 1.807) is 29.5 Å². The Kier molecular flexibility index (Phi) is 6.08. The van der Waals surface area contributed by atoms with Gasteiger partial charge in [0.15, 0.2) is 5.78 Å². The van der Waals surface area contributed by atoms with Crippen molar-refractivity contribution < 1.29 is 24.2 Å². The first kappa shape index (κ1) is 21.9. The number of dihydropyridines is 1. The number of ether oxygens (including phenoxy) is 2. The molecule has 3 heterocycles. The second kappa shape index (κ2) is 9.15. The van der Waals surface area contributed by atoms with Crippen LogP contribution in [0.2, 0.25) is 0 Å². The summed E-state index contributed by atoms with van der Waals surface area (Å²) in [5, 5.41) is 15.5. The van der Waals surface area contributed by atoms with Gasteiger partial charge in [-0.15, -0.1) is 11.3 Å². The van der Waals surface area contributed by atoms with E-state index >= 15 is 0 Å². The number of esters is 1. The number of carbonyl (C=O) groups excluding carboxylic acids is 2. The Labute approximate surface area is 196 Å². The molecule has 2 aliphatic heterocycles. The third-order valence-electron chi connectivity index (χ3n) is 6.62. The van der Waals surface area contributed by atoms with E-state index in [2.05, 4.69) is 11.4 Å².